The summed E-state index contributed by atoms with van der Waals surface area (Å²) in [5.74, 6) is 0.489. The van der Waals surface area contributed by atoms with E-state index in [1.165, 1.54) is 25.4 Å². The van der Waals surface area contributed by atoms with E-state index in [4.69, 9.17) is 4.74 Å². The lowest BCUT2D eigenvalue weighted by Crippen LogP contribution is -2.12. The second kappa shape index (κ2) is 6.30. The van der Waals surface area contributed by atoms with E-state index in [-0.39, 0.29) is 18.1 Å². The zero-order valence-corrected chi connectivity index (χ0v) is 12.5. The van der Waals surface area contributed by atoms with E-state index < -0.39 is 11.7 Å². The zero-order chi connectivity index (χ0) is 15.5. The first kappa shape index (κ1) is 15.6. The molecule has 0 bridgehead atoms. The lowest BCUT2D eigenvalue weighted by molar-refractivity contribution is -0.138. The summed E-state index contributed by atoms with van der Waals surface area (Å²) in [5, 5.41) is 2.75. The molecule has 0 aliphatic heterocycles. The van der Waals surface area contributed by atoms with Gasteiger partial charge < -0.3 is 10.1 Å². The van der Waals surface area contributed by atoms with Crippen molar-refractivity contribution in [2.24, 2.45) is 0 Å². The van der Waals surface area contributed by atoms with Gasteiger partial charge in [0.1, 0.15) is 0 Å². The Bertz CT molecular complexity index is 634. The predicted octanol–water partition coefficient (Wildman–Crippen LogP) is 3.88. The number of nitrogens with zero attached hydrogens (tertiary/aromatic N) is 2. The van der Waals surface area contributed by atoms with Crippen LogP contribution < -0.4 is 10.1 Å². The summed E-state index contributed by atoms with van der Waals surface area (Å²) >= 11 is 3.20. The minimum absolute atomic E-state index is 0.0412. The molecule has 2 rings (SSSR count). The van der Waals surface area contributed by atoms with E-state index in [0.717, 1.165) is 6.07 Å². The molecule has 0 spiro atoms. The van der Waals surface area contributed by atoms with E-state index in [0.29, 0.717) is 10.4 Å². The number of anilines is 1. The van der Waals surface area contributed by atoms with Crippen molar-refractivity contribution in [3.63, 3.8) is 0 Å². The molecule has 0 saturated heterocycles. The molecule has 2 aromatic rings. The number of aromatic nitrogens is 2. The highest BCUT2D eigenvalue weighted by molar-refractivity contribution is 9.10. The molecule has 4 nitrogen and oxygen atoms in total. The maximum atomic E-state index is 12.9. The van der Waals surface area contributed by atoms with Crippen molar-refractivity contribution in [3.05, 3.63) is 46.1 Å². The highest BCUT2D eigenvalue weighted by Gasteiger charge is 2.32. The Hall–Kier alpha value is -1.83. The molecule has 8 heteroatoms. The number of benzene rings is 1. The SMILES string of the molecule is COc1nc(NCc2ccccc2C(F)(F)F)ncc1Br. The lowest BCUT2D eigenvalue weighted by Gasteiger charge is -2.13. The molecule has 1 aromatic carbocycles. The minimum Gasteiger partial charge on any atom is -0.480 e. The van der Waals surface area contributed by atoms with Gasteiger partial charge in [-0.3, -0.25) is 0 Å². The number of rotatable bonds is 4. The summed E-state index contributed by atoms with van der Waals surface area (Å²) in [5.41, 5.74) is -0.558. The quantitative estimate of drug-likeness (QED) is 0.897. The molecule has 0 amide bonds. The summed E-state index contributed by atoms with van der Waals surface area (Å²) in [7, 11) is 1.44. The van der Waals surface area contributed by atoms with Gasteiger partial charge in [0, 0.05) is 6.54 Å². The topological polar surface area (TPSA) is 47.0 Å². The molecule has 0 aliphatic carbocycles. The Morgan fingerprint density at radius 1 is 1.29 bits per heavy atom. The molecule has 1 aromatic heterocycles. The summed E-state index contributed by atoms with van der Waals surface area (Å²) in [4.78, 5) is 7.99. The van der Waals surface area contributed by atoms with E-state index in [1.54, 1.807) is 6.07 Å². The Morgan fingerprint density at radius 3 is 2.67 bits per heavy atom. The summed E-state index contributed by atoms with van der Waals surface area (Å²) < 4.78 is 44.1. The second-order valence-corrected chi connectivity index (χ2v) is 4.91. The first-order chi connectivity index (χ1) is 9.91. The van der Waals surface area contributed by atoms with Crippen LogP contribution >= 0.6 is 15.9 Å². The van der Waals surface area contributed by atoms with Crippen LogP contribution in [0.3, 0.4) is 0 Å². The number of hydrogen-bond donors (Lipinski definition) is 1. The van der Waals surface area contributed by atoms with Gasteiger partial charge in [-0.2, -0.15) is 18.2 Å². The van der Waals surface area contributed by atoms with Crippen LogP contribution in [0.15, 0.2) is 34.9 Å². The molecule has 21 heavy (non-hydrogen) atoms. The summed E-state index contributed by atoms with van der Waals surface area (Å²) in [6.07, 6.45) is -2.93. The van der Waals surface area contributed by atoms with Crippen LogP contribution in [-0.4, -0.2) is 17.1 Å². The molecule has 0 aliphatic rings. The first-order valence-corrected chi connectivity index (χ1v) is 6.66. The second-order valence-electron chi connectivity index (χ2n) is 4.06. The standard InChI is InChI=1S/C13H11BrF3N3O/c1-21-11-10(14)7-19-12(20-11)18-6-8-4-2-3-5-9(8)13(15,16)17/h2-5,7H,6H2,1H3,(H,18,19,20). The maximum Gasteiger partial charge on any atom is 0.416 e. The molecule has 112 valence electrons. The fraction of sp³-hybridized carbons (Fsp3) is 0.231. The van der Waals surface area contributed by atoms with E-state index >= 15 is 0 Å². The largest absolute Gasteiger partial charge is 0.480 e. The highest BCUT2D eigenvalue weighted by Crippen LogP contribution is 2.32. The Kier molecular flexibility index (Phi) is 4.66. The van der Waals surface area contributed by atoms with Crippen molar-refractivity contribution >= 4 is 21.9 Å². The molecule has 0 fully saturated rings. The summed E-state index contributed by atoms with van der Waals surface area (Å²) in [6, 6.07) is 5.35. The van der Waals surface area contributed by atoms with E-state index in [9.17, 15) is 13.2 Å². The van der Waals surface area contributed by atoms with Gasteiger partial charge in [0.25, 0.3) is 0 Å². The fourth-order valence-electron chi connectivity index (χ4n) is 1.71. The number of methoxy groups -OCH3 is 1. The van der Waals surface area contributed by atoms with Crippen molar-refractivity contribution in [3.8, 4) is 5.88 Å². The van der Waals surface area contributed by atoms with E-state index in [2.05, 4.69) is 31.2 Å². The van der Waals surface area contributed by atoms with Crippen LogP contribution in [0.25, 0.3) is 0 Å². The van der Waals surface area contributed by atoms with Gasteiger partial charge >= 0.3 is 6.18 Å². The average Bonchev–Trinajstić information content (AvgIpc) is 2.45. The van der Waals surface area contributed by atoms with Crippen LogP contribution in [-0.2, 0) is 12.7 Å². The molecular weight excluding hydrogens is 351 g/mol. The molecule has 0 unspecified atom stereocenters. The van der Waals surface area contributed by atoms with Gasteiger partial charge in [-0.25, -0.2) is 4.98 Å². The van der Waals surface area contributed by atoms with Gasteiger partial charge in [0.2, 0.25) is 11.8 Å². The maximum absolute atomic E-state index is 12.9. The number of halogens is 4. The number of hydrogen-bond acceptors (Lipinski definition) is 4. The van der Waals surface area contributed by atoms with Gasteiger partial charge in [-0.1, -0.05) is 18.2 Å². The predicted molar refractivity (Wildman–Crippen MR) is 75.1 cm³/mol. The summed E-state index contributed by atoms with van der Waals surface area (Å²) in [6.45, 7) is -0.0412. The number of nitrogens with one attached hydrogen (secondary N) is 1. The van der Waals surface area contributed by atoms with Gasteiger partial charge in [-0.05, 0) is 27.6 Å². The first-order valence-electron chi connectivity index (χ1n) is 5.87. The van der Waals surface area contributed by atoms with Crippen molar-refractivity contribution in [1.29, 1.82) is 0 Å². The third-order valence-corrected chi connectivity index (χ3v) is 3.21. The molecule has 1 heterocycles. The van der Waals surface area contributed by atoms with Gasteiger partial charge in [0.15, 0.2) is 0 Å². The molecule has 0 atom stereocenters. The molecular formula is C13H11BrF3N3O. The Morgan fingerprint density at radius 2 is 2.00 bits per heavy atom. The van der Waals surface area contributed by atoms with E-state index in [1.807, 2.05) is 0 Å². The Labute approximate surface area is 127 Å². The lowest BCUT2D eigenvalue weighted by atomic mass is 10.1. The van der Waals surface area contributed by atoms with Crippen molar-refractivity contribution in [2.45, 2.75) is 12.7 Å². The number of alkyl halides is 3. The molecule has 0 saturated carbocycles. The van der Waals surface area contributed by atoms with Crippen LogP contribution in [0.4, 0.5) is 19.1 Å². The normalized spacial score (nSPS) is 11.3. The zero-order valence-electron chi connectivity index (χ0n) is 10.9. The third-order valence-electron chi connectivity index (χ3n) is 2.67. The number of ether oxygens (including phenoxy) is 1. The average molecular weight is 362 g/mol. The van der Waals surface area contributed by atoms with Crippen LogP contribution in [0, 0.1) is 0 Å². The Balaban J connectivity index is 2.17. The van der Waals surface area contributed by atoms with Crippen LogP contribution in [0.2, 0.25) is 0 Å². The van der Waals surface area contributed by atoms with Gasteiger partial charge in [-0.15, -0.1) is 0 Å². The smallest absolute Gasteiger partial charge is 0.416 e. The third kappa shape index (κ3) is 3.84. The highest BCUT2D eigenvalue weighted by atomic mass is 79.9. The monoisotopic (exact) mass is 361 g/mol. The molecule has 1 N–H and O–H groups in total. The van der Waals surface area contributed by atoms with Crippen LogP contribution in [0.1, 0.15) is 11.1 Å². The van der Waals surface area contributed by atoms with Crippen molar-refractivity contribution < 1.29 is 17.9 Å². The van der Waals surface area contributed by atoms with Crippen LogP contribution in [0.5, 0.6) is 5.88 Å². The van der Waals surface area contributed by atoms with Crippen molar-refractivity contribution in [2.75, 3.05) is 12.4 Å². The van der Waals surface area contributed by atoms with Crippen molar-refractivity contribution in [1.82, 2.24) is 9.97 Å². The van der Waals surface area contributed by atoms with Gasteiger partial charge in [0.05, 0.1) is 23.3 Å². The fourth-order valence-corrected chi connectivity index (χ4v) is 2.06. The minimum atomic E-state index is -4.39. The molecule has 0 radical (unpaired) electrons.